The minimum absolute atomic E-state index is 0.228. The molecule has 0 aliphatic rings. The molecule has 0 fully saturated rings. The highest BCUT2D eigenvalue weighted by atomic mass is 19.1. The van der Waals surface area contributed by atoms with E-state index >= 15 is 0 Å². The van der Waals surface area contributed by atoms with Gasteiger partial charge in [0.05, 0.1) is 6.26 Å². The van der Waals surface area contributed by atoms with Gasteiger partial charge >= 0.3 is 0 Å². The van der Waals surface area contributed by atoms with Crippen LogP contribution in [0.25, 0.3) is 22.5 Å². The summed E-state index contributed by atoms with van der Waals surface area (Å²) in [5, 5.41) is 0. The molecule has 88 valence electrons. The minimum Gasteiger partial charge on any atom is -0.464 e. The van der Waals surface area contributed by atoms with E-state index in [1.165, 1.54) is 12.1 Å². The fraction of sp³-hybridized carbons (Fsp3) is 0. The minimum atomic E-state index is -0.228. The van der Waals surface area contributed by atoms with Crippen molar-refractivity contribution < 1.29 is 8.81 Å². The highest BCUT2D eigenvalue weighted by Gasteiger charge is 2.08. The quantitative estimate of drug-likeness (QED) is 0.627. The summed E-state index contributed by atoms with van der Waals surface area (Å²) in [5.41, 5.74) is 3.02. The molecule has 18 heavy (non-hydrogen) atoms. The lowest BCUT2D eigenvalue weighted by Gasteiger charge is -2.07. The van der Waals surface area contributed by atoms with Gasteiger partial charge in [0.15, 0.2) is 0 Å². The number of halogens is 1. The summed E-state index contributed by atoms with van der Waals surface area (Å²) in [6, 6.07) is 18.2. The Balaban J connectivity index is 2.15. The van der Waals surface area contributed by atoms with Gasteiger partial charge in [0.25, 0.3) is 0 Å². The smallest absolute Gasteiger partial charge is 0.134 e. The number of hydrogen-bond acceptors (Lipinski definition) is 1. The zero-order valence-electron chi connectivity index (χ0n) is 9.64. The molecule has 1 aromatic heterocycles. The Labute approximate surface area is 105 Å². The van der Waals surface area contributed by atoms with Crippen LogP contribution in [0.5, 0.6) is 0 Å². The first-order valence-corrected chi connectivity index (χ1v) is 5.73. The number of furan rings is 1. The van der Waals surface area contributed by atoms with Crippen LogP contribution in [0.4, 0.5) is 4.39 Å². The Morgan fingerprint density at radius 3 is 2.11 bits per heavy atom. The van der Waals surface area contributed by atoms with Crippen LogP contribution < -0.4 is 0 Å². The molecular weight excluding hydrogens is 227 g/mol. The number of hydrogen-bond donors (Lipinski definition) is 0. The van der Waals surface area contributed by atoms with Gasteiger partial charge in [0, 0.05) is 5.56 Å². The molecule has 0 saturated carbocycles. The van der Waals surface area contributed by atoms with Crippen LogP contribution >= 0.6 is 0 Å². The predicted octanol–water partition coefficient (Wildman–Crippen LogP) is 4.75. The summed E-state index contributed by atoms with van der Waals surface area (Å²) >= 11 is 0. The molecule has 0 atom stereocenters. The average Bonchev–Trinajstić information content (AvgIpc) is 2.93. The van der Waals surface area contributed by atoms with Crippen LogP contribution in [0.1, 0.15) is 0 Å². The molecule has 1 nitrogen and oxygen atoms in total. The Morgan fingerprint density at radius 1 is 0.722 bits per heavy atom. The topological polar surface area (TPSA) is 13.1 Å². The molecule has 3 rings (SSSR count). The van der Waals surface area contributed by atoms with Crippen LogP contribution in [-0.4, -0.2) is 0 Å². The van der Waals surface area contributed by atoms with E-state index < -0.39 is 0 Å². The van der Waals surface area contributed by atoms with Gasteiger partial charge in [0.1, 0.15) is 11.6 Å². The maximum Gasteiger partial charge on any atom is 0.134 e. The van der Waals surface area contributed by atoms with Crippen LogP contribution in [0, 0.1) is 5.82 Å². The van der Waals surface area contributed by atoms with Gasteiger partial charge in [-0.25, -0.2) is 4.39 Å². The van der Waals surface area contributed by atoms with Crippen LogP contribution in [0.3, 0.4) is 0 Å². The first kappa shape index (κ1) is 10.8. The van der Waals surface area contributed by atoms with Crippen molar-refractivity contribution >= 4 is 0 Å². The van der Waals surface area contributed by atoms with Gasteiger partial charge in [-0.15, -0.1) is 0 Å². The summed E-state index contributed by atoms with van der Waals surface area (Å²) in [6.45, 7) is 0. The fourth-order valence-electron chi connectivity index (χ4n) is 2.01. The number of rotatable bonds is 2. The van der Waals surface area contributed by atoms with Crippen molar-refractivity contribution in [3.8, 4) is 22.5 Å². The van der Waals surface area contributed by atoms with Crippen LogP contribution in [-0.2, 0) is 0 Å². The zero-order valence-corrected chi connectivity index (χ0v) is 9.64. The monoisotopic (exact) mass is 238 g/mol. The Bertz CT molecular complexity index is 639. The summed E-state index contributed by atoms with van der Waals surface area (Å²) in [4.78, 5) is 0. The largest absolute Gasteiger partial charge is 0.464 e. The van der Waals surface area contributed by atoms with E-state index in [0.29, 0.717) is 0 Å². The first-order valence-electron chi connectivity index (χ1n) is 5.73. The molecule has 0 bridgehead atoms. The molecule has 3 aromatic rings. The Kier molecular flexibility index (Phi) is 2.69. The lowest BCUT2D eigenvalue weighted by Crippen LogP contribution is -1.83. The summed E-state index contributed by atoms with van der Waals surface area (Å²) in [7, 11) is 0. The molecule has 0 unspecified atom stereocenters. The van der Waals surface area contributed by atoms with Crippen LogP contribution in [0.15, 0.2) is 71.3 Å². The zero-order chi connectivity index (χ0) is 12.4. The van der Waals surface area contributed by atoms with E-state index in [1.54, 1.807) is 18.4 Å². The van der Waals surface area contributed by atoms with Gasteiger partial charge in [-0.2, -0.15) is 0 Å². The van der Waals surface area contributed by atoms with Crippen LogP contribution in [0.2, 0.25) is 0 Å². The van der Waals surface area contributed by atoms with E-state index in [-0.39, 0.29) is 5.82 Å². The maximum absolute atomic E-state index is 13.0. The van der Waals surface area contributed by atoms with Gasteiger partial charge in [0.2, 0.25) is 0 Å². The van der Waals surface area contributed by atoms with Crippen molar-refractivity contribution in [1.29, 1.82) is 0 Å². The number of benzene rings is 2. The third-order valence-corrected chi connectivity index (χ3v) is 2.87. The molecule has 0 saturated heterocycles. The van der Waals surface area contributed by atoms with E-state index in [4.69, 9.17) is 4.42 Å². The summed E-state index contributed by atoms with van der Waals surface area (Å²) in [6.07, 6.45) is 1.65. The summed E-state index contributed by atoms with van der Waals surface area (Å²) < 4.78 is 18.4. The third-order valence-electron chi connectivity index (χ3n) is 2.87. The highest BCUT2D eigenvalue weighted by Crippen LogP contribution is 2.32. The van der Waals surface area contributed by atoms with Crippen molar-refractivity contribution in [3.05, 3.63) is 72.7 Å². The molecule has 0 amide bonds. The fourth-order valence-corrected chi connectivity index (χ4v) is 2.01. The SMILES string of the molecule is Fc1ccc(-c2ccccc2-c2ccco2)cc1. The highest BCUT2D eigenvalue weighted by molar-refractivity contribution is 5.81. The molecule has 1 heterocycles. The van der Waals surface area contributed by atoms with Crippen molar-refractivity contribution in [2.24, 2.45) is 0 Å². The van der Waals surface area contributed by atoms with E-state index in [9.17, 15) is 4.39 Å². The molecule has 0 N–H and O–H groups in total. The Hall–Kier alpha value is -2.35. The second kappa shape index (κ2) is 4.49. The third kappa shape index (κ3) is 1.93. The van der Waals surface area contributed by atoms with Crippen molar-refractivity contribution in [3.63, 3.8) is 0 Å². The molecule has 2 aromatic carbocycles. The van der Waals surface area contributed by atoms with Crippen molar-refractivity contribution in [2.45, 2.75) is 0 Å². The average molecular weight is 238 g/mol. The lowest BCUT2D eigenvalue weighted by molar-refractivity contribution is 0.582. The predicted molar refractivity (Wildman–Crippen MR) is 69.5 cm³/mol. The standard InChI is InChI=1S/C16H11FO/c17-13-9-7-12(8-10-13)14-4-1-2-5-15(14)16-6-3-11-18-16/h1-11H. The van der Waals surface area contributed by atoms with E-state index in [1.807, 2.05) is 36.4 Å². The molecular formula is C16H11FO. The van der Waals surface area contributed by atoms with Crippen molar-refractivity contribution in [1.82, 2.24) is 0 Å². The molecule has 0 aliphatic carbocycles. The van der Waals surface area contributed by atoms with E-state index in [2.05, 4.69) is 0 Å². The van der Waals surface area contributed by atoms with Gasteiger partial charge in [-0.3, -0.25) is 0 Å². The summed E-state index contributed by atoms with van der Waals surface area (Å²) in [5.74, 6) is 0.587. The van der Waals surface area contributed by atoms with Gasteiger partial charge in [-0.1, -0.05) is 36.4 Å². The van der Waals surface area contributed by atoms with E-state index in [0.717, 1.165) is 22.5 Å². The van der Waals surface area contributed by atoms with Gasteiger partial charge in [-0.05, 0) is 35.4 Å². The normalized spacial score (nSPS) is 10.5. The van der Waals surface area contributed by atoms with Gasteiger partial charge < -0.3 is 4.42 Å². The Morgan fingerprint density at radius 2 is 1.44 bits per heavy atom. The molecule has 2 heteroatoms. The molecule has 0 aliphatic heterocycles. The molecule has 0 spiro atoms. The second-order valence-corrected chi connectivity index (χ2v) is 4.03. The second-order valence-electron chi connectivity index (χ2n) is 4.03. The first-order chi connectivity index (χ1) is 8.84. The lowest BCUT2D eigenvalue weighted by atomic mass is 9.98. The maximum atomic E-state index is 13.0. The molecule has 0 radical (unpaired) electrons. The van der Waals surface area contributed by atoms with Crippen molar-refractivity contribution in [2.75, 3.05) is 0 Å².